The smallest absolute Gasteiger partial charge is 0.223 e. The molecule has 2 aliphatic rings. The van der Waals surface area contributed by atoms with Crippen molar-refractivity contribution >= 4 is 5.78 Å². The first-order valence-electron chi connectivity index (χ1n) is 7.65. The molecule has 2 aromatic carbocycles. The van der Waals surface area contributed by atoms with E-state index in [1.807, 2.05) is 60.7 Å². The molecule has 2 atom stereocenters. The molecule has 0 amide bonds. The average molecular weight is 288 g/mol. The van der Waals surface area contributed by atoms with Crippen molar-refractivity contribution in [1.82, 2.24) is 0 Å². The number of epoxide rings is 1. The number of ether oxygens (including phenoxy) is 1. The van der Waals surface area contributed by atoms with E-state index < -0.39 is 5.60 Å². The van der Waals surface area contributed by atoms with Gasteiger partial charge in [0.15, 0.2) is 0 Å². The molecule has 1 aliphatic heterocycles. The average Bonchev–Trinajstić information content (AvgIpc) is 3.48. The molecule has 4 rings (SSSR count). The van der Waals surface area contributed by atoms with E-state index in [0.717, 1.165) is 18.4 Å². The third kappa shape index (κ3) is 2.34. The van der Waals surface area contributed by atoms with Crippen molar-refractivity contribution in [3.05, 3.63) is 71.8 Å². The number of benzene rings is 2. The van der Waals surface area contributed by atoms with Crippen LogP contribution in [0.3, 0.4) is 0 Å². The Morgan fingerprint density at radius 1 is 1.00 bits per heavy atom. The Morgan fingerprint density at radius 3 is 2.27 bits per heavy atom. The number of rotatable bonds is 3. The zero-order valence-corrected chi connectivity index (χ0v) is 12.2. The van der Waals surface area contributed by atoms with Gasteiger partial charge in [0.2, 0.25) is 11.4 Å². The lowest BCUT2D eigenvalue weighted by Gasteiger charge is -2.05. The van der Waals surface area contributed by atoms with Crippen LogP contribution in [0.25, 0.3) is 0 Å². The second kappa shape index (κ2) is 5.12. The number of ketones is 1. The lowest BCUT2D eigenvalue weighted by atomic mass is 9.91. The maximum atomic E-state index is 12.9. The van der Waals surface area contributed by atoms with Gasteiger partial charge in [-0.05, 0) is 18.4 Å². The first-order chi connectivity index (χ1) is 10.8. The molecule has 108 valence electrons. The summed E-state index contributed by atoms with van der Waals surface area (Å²) < 4.78 is 5.86. The molecule has 0 aromatic heterocycles. The SMILES string of the molecule is O=C(c1ccccc1)[C@@]1(C#CC2CC2)OC1c1ccccc1. The van der Waals surface area contributed by atoms with E-state index >= 15 is 0 Å². The zero-order valence-electron chi connectivity index (χ0n) is 12.2. The topological polar surface area (TPSA) is 29.6 Å². The van der Waals surface area contributed by atoms with Gasteiger partial charge < -0.3 is 4.74 Å². The Hall–Kier alpha value is -2.37. The number of carbonyl (C=O) groups is 1. The van der Waals surface area contributed by atoms with Crippen molar-refractivity contribution in [2.75, 3.05) is 0 Å². The molecule has 1 saturated heterocycles. The minimum atomic E-state index is -0.995. The van der Waals surface area contributed by atoms with Gasteiger partial charge in [-0.3, -0.25) is 4.79 Å². The van der Waals surface area contributed by atoms with Crippen LogP contribution in [0.5, 0.6) is 0 Å². The van der Waals surface area contributed by atoms with Crippen LogP contribution in [-0.4, -0.2) is 11.4 Å². The van der Waals surface area contributed by atoms with Crippen molar-refractivity contribution in [2.45, 2.75) is 24.5 Å². The lowest BCUT2D eigenvalue weighted by Crippen LogP contribution is -2.24. The van der Waals surface area contributed by atoms with Crippen LogP contribution in [0.15, 0.2) is 60.7 Å². The summed E-state index contributed by atoms with van der Waals surface area (Å²) in [5, 5.41) is 0. The highest BCUT2D eigenvalue weighted by Crippen LogP contribution is 2.51. The van der Waals surface area contributed by atoms with E-state index in [1.165, 1.54) is 0 Å². The van der Waals surface area contributed by atoms with Crippen LogP contribution >= 0.6 is 0 Å². The quantitative estimate of drug-likeness (QED) is 0.488. The van der Waals surface area contributed by atoms with Gasteiger partial charge in [-0.1, -0.05) is 72.5 Å². The van der Waals surface area contributed by atoms with E-state index in [2.05, 4.69) is 11.8 Å². The van der Waals surface area contributed by atoms with Crippen LogP contribution in [-0.2, 0) is 4.74 Å². The summed E-state index contributed by atoms with van der Waals surface area (Å²) in [6.45, 7) is 0. The van der Waals surface area contributed by atoms with E-state index in [0.29, 0.717) is 11.5 Å². The van der Waals surface area contributed by atoms with Gasteiger partial charge in [0, 0.05) is 11.5 Å². The predicted octanol–water partition coefficient (Wildman–Crippen LogP) is 3.79. The van der Waals surface area contributed by atoms with Gasteiger partial charge in [0.1, 0.15) is 6.10 Å². The second-order valence-corrected chi connectivity index (χ2v) is 5.88. The molecule has 0 N–H and O–H groups in total. The Balaban J connectivity index is 1.69. The first-order valence-corrected chi connectivity index (χ1v) is 7.65. The van der Waals surface area contributed by atoms with Crippen molar-refractivity contribution in [1.29, 1.82) is 0 Å². The number of Topliss-reactive ketones (excluding diaryl/α,β-unsaturated/α-hetero) is 1. The predicted molar refractivity (Wildman–Crippen MR) is 84.3 cm³/mol. The summed E-state index contributed by atoms with van der Waals surface area (Å²) in [6, 6.07) is 19.2. The van der Waals surface area contributed by atoms with Gasteiger partial charge >= 0.3 is 0 Å². The summed E-state index contributed by atoms with van der Waals surface area (Å²) >= 11 is 0. The van der Waals surface area contributed by atoms with Gasteiger partial charge in [0.05, 0.1) is 0 Å². The van der Waals surface area contributed by atoms with Crippen molar-refractivity contribution < 1.29 is 9.53 Å². The summed E-state index contributed by atoms with van der Waals surface area (Å²) in [5.74, 6) is 6.78. The van der Waals surface area contributed by atoms with E-state index in [1.54, 1.807) is 0 Å². The highest BCUT2D eigenvalue weighted by Gasteiger charge is 2.62. The van der Waals surface area contributed by atoms with Crippen LogP contribution in [0.2, 0.25) is 0 Å². The number of carbonyl (C=O) groups excluding carboxylic acids is 1. The molecule has 2 fully saturated rings. The standard InChI is InChI=1S/C20H16O2/c21-18(16-7-3-1-4-8-16)20(14-13-15-11-12-15)19(22-20)17-9-5-2-6-10-17/h1-10,15,19H,11-12H2/t19?,20-/m1/s1. The van der Waals surface area contributed by atoms with Gasteiger partial charge in [0.25, 0.3) is 0 Å². The number of hydrogen-bond donors (Lipinski definition) is 0. The summed E-state index contributed by atoms with van der Waals surface area (Å²) in [6.07, 6.45) is 2.02. The Labute approximate surface area is 130 Å². The molecule has 2 heteroatoms. The maximum Gasteiger partial charge on any atom is 0.223 e. The van der Waals surface area contributed by atoms with E-state index in [4.69, 9.17) is 4.74 Å². The van der Waals surface area contributed by atoms with Crippen LogP contribution in [0.4, 0.5) is 0 Å². The second-order valence-electron chi connectivity index (χ2n) is 5.88. The Bertz CT molecular complexity index is 751. The van der Waals surface area contributed by atoms with E-state index in [9.17, 15) is 4.79 Å². The molecule has 1 saturated carbocycles. The fraction of sp³-hybridized carbons (Fsp3) is 0.250. The van der Waals surface area contributed by atoms with Gasteiger partial charge in [-0.2, -0.15) is 0 Å². The number of hydrogen-bond acceptors (Lipinski definition) is 2. The van der Waals surface area contributed by atoms with E-state index in [-0.39, 0.29) is 11.9 Å². The summed E-state index contributed by atoms with van der Waals surface area (Å²) in [4.78, 5) is 12.9. The molecule has 0 bridgehead atoms. The lowest BCUT2D eigenvalue weighted by molar-refractivity contribution is 0.0916. The normalized spacial score (nSPS) is 25.9. The molecular weight excluding hydrogens is 272 g/mol. The Kier molecular flexibility index (Phi) is 3.10. The highest BCUT2D eigenvalue weighted by molar-refractivity contribution is 6.07. The van der Waals surface area contributed by atoms with Crippen LogP contribution in [0.1, 0.15) is 34.9 Å². The third-order valence-electron chi connectivity index (χ3n) is 4.13. The zero-order chi connectivity index (χ0) is 15.0. The molecule has 22 heavy (non-hydrogen) atoms. The molecule has 0 spiro atoms. The van der Waals surface area contributed by atoms with Crippen LogP contribution in [0, 0.1) is 17.8 Å². The highest BCUT2D eigenvalue weighted by atomic mass is 16.6. The minimum Gasteiger partial charge on any atom is -0.339 e. The van der Waals surface area contributed by atoms with Crippen LogP contribution < -0.4 is 0 Å². The van der Waals surface area contributed by atoms with Crippen molar-refractivity contribution in [3.8, 4) is 11.8 Å². The van der Waals surface area contributed by atoms with Crippen molar-refractivity contribution in [3.63, 3.8) is 0 Å². The van der Waals surface area contributed by atoms with Gasteiger partial charge in [-0.15, -0.1) is 0 Å². The van der Waals surface area contributed by atoms with Gasteiger partial charge in [-0.25, -0.2) is 0 Å². The fourth-order valence-electron chi connectivity index (χ4n) is 2.65. The molecular formula is C20H16O2. The molecule has 1 unspecified atom stereocenters. The monoisotopic (exact) mass is 288 g/mol. The largest absolute Gasteiger partial charge is 0.339 e. The third-order valence-corrected chi connectivity index (χ3v) is 4.13. The Morgan fingerprint density at radius 2 is 1.64 bits per heavy atom. The maximum absolute atomic E-state index is 12.9. The summed E-state index contributed by atoms with van der Waals surface area (Å²) in [7, 11) is 0. The molecule has 1 heterocycles. The fourth-order valence-corrected chi connectivity index (χ4v) is 2.65. The molecule has 0 radical (unpaired) electrons. The first kappa shape index (κ1) is 13.3. The molecule has 2 aromatic rings. The minimum absolute atomic E-state index is 0.0323. The summed E-state index contributed by atoms with van der Waals surface area (Å²) in [5.41, 5.74) is 0.675. The van der Waals surface area contributed by atoms with Crippen molar-refractivity contribution in [2.24, 2.45) is 5.92 Å². The molecule has 2 nitrogen and oxygen atoms in total. The molecule has 1 aliphatic carbocycles.